The van der Waals surface area contributed by atoms with Crippen LogP contribution in [0.1, 0.15) is 10.5 Å². The van der Waals surface area contributed by atoms with Crippen LogP contribution in [0.3, 0.4) is 0 Å². The van der Waals surface area contributed by atoms with Gasteiger partial charge in [-0.3, -0.25) is 20.4 Å². The highest BCUT2D eigenvalue weighted by atomic mass is 79.9. The summed E-state index contributed by atoms with van der Waals surface area (Å²) in [6, 6.07) is 4.21. The molecule has 2 heterocycles. The van der Waals surface area contributed by atoms with Crippen LogP contribution < -0.4 is 20.5 Å². The highest BCUT2D eigenvalue weighted by Crippen LogP contribution is 2.22. The maximum Gasteiger partial charge on any atom is 0.289 e. The van der Waals surface area contributed by atoms with Gasteiger partial charge in [0.05, 0.1) is 13.2 Å². The average Bonchev–Trinajstić information content (AvgIpc) is 3.16. The lowest BCUT2D eigenvalue weighted by molar-refractivity contribution is -0.123. The van der Waals surface area contributed by atoms with E-state index in [1.165, 1.54) is 23.5 Å². The molecule has 0 spiro atoms. The number of amides is 2. The van der Waals surface area contributed by atoms with Crippen LogP contribution in [0.2, 0.25) is 0 Å². The van der Waals surface area contributed by atoms with Crippen LogP contribution in [0.5, 0.6) is 5.75 Å². The number of benzene rings is 1. The molecule has 1 aliphatic rings. The van der Waals surface area contributed by atoms with E-state index in [0.717, 1.165) is 18.2 Å². The zero-order chi connectivity index (χ0) is 19.2. The molecule has 1 aromatic heterocycles. The maximum absolute atomic E-state index is 13.6. The molecule has 1 aliphatic heterocycles. The number of carbonyl (C=O) groups is 2. The molecule has 1 aromatic carbocycles. The van der Waals surface area contributed by atoms with Gasteiger partial charge in [0.2, 0.25) is 0 Å². The first kappa shape index (κ1) is 19.5. The lowest BCUT2D eigenvalue weighted by atomic mass is 10.3. The Morgan fingerprint density at radius 2 is 2.11 bits per heavy atom. The minimum atomic E-state index is -0.630. The van der Waals surface area contributed by atoms with E-state index in [0.29, 0.717) is 17.7 Å². The zero-order valence-electron chi connectivity index (χ0n) is 14.0. The molecular weight excluding hydrogens is 443 g/mol. The number of halogens is 2. The molecule has 27 heavy (non-hydrogen) atoms. The van der Waals surface area contributed by atoms with E-state index >= 15 is 0 Å². The molecule has 2 N–H and O–H groups in total. The minimum absolute atomic E-state index is 0.0608. The SMILES string of the molecule is O=C(COc1ccc(Br)cc1F)NNC(=O)c1csc(N2CCOCC2)n1. The fourth-order valence-electron chi connectivity index (χ4n) is 2.23. The molecule has 2 amide bonds. The Kier molecular flexibility index (Phi) is 6.58. The largest absolute Gasteiger partial charge is 0.481 e. The van der Waals surface area contributed by atoms with Gasteiger partial charge in [0.25, 0.3) is 11.8 Å². The summed E-state index contributed by atoms with van der Waals surface area (Å²) in [5.41, 5.74) is 4.66. The van der Waals surface area contributed by atoms with Gasteiger partial charge in [-0.25, -0.2) is 9.37 Å². The highest BCUT2D eigenvalue weighted by molar-refractivity contribution is 9.10. The van der Waals surface area contributed by atoms with Gasteiger partial charge < -0.3 is 14.4 Å². The monoisotopic (exact) mass is 458 g/mol. The summed E-state index contributed by atoms with van der Waals surface area (Å²) in [6.45, 7) is 2.23. The second kappa shape index (κ2) is 9.11. The number of carbonyl (C=O) groups excluding carboxylic acids is 2. The van der Waals surface area contributed by atoms with E-state index in [9.17, 15) is 14.0 Å². The number of nitrogens with one attached hydrogen (secondary N) is 2. The highest BCUT2D eigenvalue weighted by Gasteiger charge is 2.18. The third kappa shape index (κ3) is 5.37. The van der Waals surface area contributed by atoms with E-state index in [4.69, 9.17) is 9.47 Å². The van der Waals surface area contributed by atoms with Crippen molar-refractivity contribution in [3.63, 3.8) is 0 Å². The minimum Gasteiger partial charge on any atom is -0.481 e. The molecule has 0 bridgehead atoms. The predicted molar refractivity (Wildman–Crippen MR) is 100 cm³/mol. The van der Waals surface area contributed by atoms with E-state index in [-0.39, 0.29) is 11.4 Å². The van der Waals surface area contributed by atoms with Gasteiger partial charge in [-0.2, -0.15) is 0 Å². The van der Waals surface area contributed by atoms with Crippen molar-refractivity contribution >= 4 is 44.2 Å². The molecule has 2 aromatic rings. The number of nitrogens with zero attached hydrogens (tertiary/aromatic N) is 2. The number of hydrogen-bond acceptors (Lipinski definition) is 7. The van der Waals surface area contributed by atoms with Gasteiger partial charge in [-0.15, -0.1) is 11.3 Å². The summed E-state index contributed by atoms with van der Waals surface area (Å²) in [6.07, 6.45) is 0. The molecule has 8 nitrogen and oxygen atoms in total. The first-order chi connectivity index (χ1) is 13.0. The zero-order valence-corrected chi connectivity index (χ0v) is 16.4. The normalized spacial score (nSPS) is 13.9. The quantitative estimate of drug-likeness (QED) is 0.662. The maximum atomic E-state index is 13.6. The van der Waals surface area contributed by atoms with Gasteiger partial charge in [0, 0.05) is 22.9 Å². The fraction of sp³-hybridized carbons (Fsp3) is 0.312. The smallest absolute Gasteiger partial charge is 0.289 e. The second-order valence-corrected chi connectivity index (χ2v) is 7.23. The second-order valence-electron chi connectivity index (χ2n) is 5.48. The topological polar surface area (TPSA) is 92.8 Å². The molecule has 1 fully saturated rings. The average molecular weight is 459 g/mol. The van der Waals surface area contributed by atoms with E-state index in [1.54, 1.807) is 11.4 Å². The number of thiazole rings is 1. The summed E-state index contributed by atoms with van der Waals surface area (Å²) >= 11 is 4.47. The van der Waals surface area contributed by atoms with Crippen molar-refractivity contribution in [3.8, 4) is 5.75 Å². The van der Waals surface area contributed by atoms with Gasteiger partial charge in [-0.05, 0) is 18.2 Å². The van der Waals surface area contributed by atoms with Crippen LogP contribution in [0.25, 0.3) is 0 Å². The van der Waals surface area contributed by atoms with Gasteiger partial charge in [0.1, 0.15) is 5.69 Å². The van der Waals surface area contributed by atoms with Crippen molar-refractivity contribution in [1.82, 2.24) is 15.8 Å². The Hall–Kier alpha value is -2.24. The Balaban J connectivity index is 1.45. The first-order valence-corrected chi connectivity index (χ1v) is 9.65. The van der Waals surface area contributed by atoms with E-state index in [2.05, 4.69) is 31.8 Å². The van der Waals surface area contributed by atoms with Crippen molar-refractivity contribution in [2.45, 2.75) is 0 Å². The van der Waals surface area contributed by atoms with Gasteiger partial charge in [0.15, 0.2) is 23.3 Å². The molecule has 0 radical (unpaired) electrons. The Labute approximate surface area is 166 Å². The number of hydrogen-bond donors (Lipinski definition) is 2. The number of rotatable bonds is 5. The fourth-order valence-corrected chi connectivity index (χ4v) is 3.42. The van der Waals surface area contributed by atoms with Crippen molar-refractivity contribution < 1.29 is 23.5 Å². The lowest BCUT2D eigenvalue weighted by Crippen LogP contribution is -2.44. The van der Waals surface area contributed by atoms with E-state index < -0.39 is 24.2 Å². The molecule has 11 heteroatoms. The standard InChI is InChI=1S/C16H16BrFN4O4S/c17-10-1-2-13(11(18)7-10)26-8-14(23)20-21-15(24)12-9-27-16(19-12)22-3-5-25-6-4-22/h1-2,7,9H,3-6,8H2,(H,20,23)(H,21,24). The molecule has 0 saturated carbocycles. The van der Waals surface area contributed by atoms with Crippen LogP contribution in [-0.2, 0) is 9.53 Å². The third-order valence-electron chi connectivity index (χ3n) is 3.57. The van der Waals surface area contributed by atoms with Crippen LogP contribution in [0.15, 0.2) is 28.1 Å². The summed E-state index contributed by atoms with van der Waals surface area (Å²) in [7, 11) is 0. The van der Waals surface area contributed by atoms with Crippen LogP contribution >= 0.6 is 27.3 Å². The Bertz CT molecular complexity index is 829. The van der Waals surface area contributed by atoms with Gasteiger partial charge in [-0.1, -0.05) is 15.9 Å². The first-order valence-electron chi connectivity index (χ1n) is 7.98. The van der Waals surface area contributed by atoms with Gasteiger partial charge >= 0.3 is 0 Å². The van der Waals surface area contributed by atoms with Crippen molar-refractivity contribution in [2.24, 2.45) is 0 Å². The third-order valence-corrected chi connectivity index (χ3v) is 4.97. The molecule has 0 unspecified atom stereocenters. The summed E-state index contributed by atoms with van der Waals surface area (Å²) in [5, 5.41) is 2.34. The summed E-state index contributed by atoms with van der Waals surface area (Å²) in [4.78, 5) is 30.1. The number of hydrazine groups is 1. The Morgan fingerprint density at radius 3 is 2.85 bits per heavy atom. The molecule has 144 valence electrons. The molecule has 1 saturated heterocycles. The molecule has 0 aliphatic carbocycles. The molecular formula is C16H16BrFN4O4S. The van der Waals surface area contributed by atoms with Crippen molar-refractivity contribution in [3.05, 3.63) is 39.6 Å². The van der Waals surface area contributed by atoms with Crippen molar-refractivity contribution in [1.29, 1.82) is 0 Å². The Morgan fingerprint density at radius 1 is 1.33 bits per heavy atom. The van der Waals surface area contributed by atoms with E-state index in [1.807, 2.05) is 4.90 Å². The number of aromatic nitrogens is 1. The van der Waals surface area contributed by atoms with Crippen molar-refractivity contribution in [2.75, 3.05) is 37.8 Å². The molecule has 3 rings (SSSR count). The van der Waals surface area contributed by atoms with Crippen LogP contribution in [0, 0.1) is 5.82 Å². The number of ether oxygens (including phenoxy) is 2. The lowest BCUT2D eigenvalue weighted by Gasteiger charge is -2.25. The summed E-state index contributed by atoms with van der Waals surface area (Å²) < 4.78 is 24.5. The number of anilines is 1. The number of morpholine rings is 1. The van der Waals surface area contributed by atoms with Crippen LogP contribution in [0.4, 0.5) is 9.52 Å². The summed E-state index contributed by atoms with van der Waals surface area (Å²) in [5.74, 6) is -1.84. The molecule has 0 atom stereocenters. The predicted octanol–water partition coefficient (Wildman–Crippen LogP) is 1.72. The van der Waals surface area contributed by atoms with Crippen LogP contribution in [-0.4, -0.2) is 49.7 Å².